The molecule has 5 rings (SSSR count). The van der Waals surface area contributed by atoms with Gasteiger partial charge in [-0.25, -0.2) is 14.4 Å². The Morgan fingerprint density at radius 1 is 1.11 bits per heavy atom. The largest absolute Gasteiger partial charge is 0.417 e. The third-order valence-corrected chi connectivity index (χ3v) is 8.22. The number of likely N-dealkylation sites (N-methyl/N-ethyl adjacent to an activating group) is 1. The van der Waals surface area contributed by atoms with Crippen molar-refractivity contribution in [2.45, 2.75) is 45.1 Å². The number of anilines is 3. The molecule has 2 atom stereocenters. The summed E-state index contributed by atoms with van der Waals surface area (Å²) < 4.78 is 57.1. The molecular formula is C30H33F4N7O3. The van der Waals surface area contributed by atoms with E-state index >= 15 is 4.39 Å². The van der Waals surface area contributed by atoms with Crippen LogP contribution in [-0.2, 0) is 12.8 Å². The number of carbonyl (C=O) groups is 1. The predicted octanol–water partition coefficient (Wildman–Crippen LogP) is 3.89. The number of aromatic amines is 1. The Kier molecular flexibility index (Phi) is 8.75. The number of benzene rings is 1. The molecule has 1 aromatic carbocycles. The second kappa shape index (κ2) is 12.4. The van der Waals surface area contributed by atoms with Crippen LogP contribution >= 0.6 is 0 Å². The van der Waals surface area contributed by atoms with Crippen molar-refractivity contribution >= 4 is 28.8 Å². The lowest BCUT2D eigenvalue weighted by Crippen LogP contribution is -2.55. The Labute approximate surface area is 251 Å². The summed E-state index contributed by atoms with van der Waals surface area (Å²) in [6, 6.07) is 3.29. The second-order valence-corrected chi connectivity index (χ2v) is 11.2. The topological polar surface area (TPSA) is 118 Å². The zero-order valence-electron chi connectivity index (χ0n) is 24.5. The summed E-state index contributed by atoms with van der Waals surface area (Å²) in [6.07, 6.45) is 1.08. The lowest BCUT2D eigenvalue weighted by atomic mass is 9.97. The molecule has 234 valence electrons. The van der Waals surface area contributed by atoms with Crippen molar-refractivity contribution in [1.82, 2.24) is 19.9 Å². The van der Waals surface area contributed by atoms with Gasteiger partial charge < -0.3 is 25.2 Å². The monoisotopic (exact) mass is 615 g/mol. The zero-order chi connectivity index (χ0) is 31.8. The maximum absolute atomic E-state index is 15.8. The zero-order valence-corrected chi connectivity index (χ0v) is 24.5. The number of aliphatic hydroxyl groups is 1. The van der Waals surface area contributed by atoms with Crippen LogP contribution in [0.15, 0.2) is 47.7 Å². The van der Waals surface area contributed by atoms with Crippen LogP contribution < -0.4 is 20.7 Å². The van der Waals surface area contributed by atoms with Crippen LogP contribution in [-0.4, -0.2) is 76.2 Å². The second-order valence-electron chi connectivity index (χ2n) is 11.2. The highest BCUT2D eigenvalue weighted by Gasteiger charge is 2.36. The predicted molar refractivity (Wildman–Crippen MR) is 158 cm³/mol. The molecule has 1 amide bonds. The summed E-state index contributed by atoms with van der Waals surface area (Å²) in [6.45, 7) is 5.69. The van der Waals surface area contributed by atoms with E-state index in [0.717, 1.165) is 6.20 Å². The standard InChI is InChI=1S/C30H33F4N7O3/c1-17-14-41(15-18(2)39(17)3)26-10-24(31)21(20-4-6-40(7-5-20)29-36-11-19(16-42)12-37-29)8-25(26)38-28(44)22-13-35-27(43)9-23(22)30(32,33)34/h4,8-13,17-18,42H,5-7,14-16H2,1-3H3,(H,35,43)(H,38,44)/t17-,18?/m0/s1. The molecule has 4 heterocycles. The van der Waals surface area contributed by atoms with E-state index in [-0.39, 0.29) is 29.9 Å². The summed E-state index contributed by atoms with van der Waals surface area (Å²) in [7, 11) is 1.98. The Hall–Kier alpha value is -4.30. The van der Waals surface area contributed by atoms with Gasteiger partial charge in [0.25, 0.3) is 5.91 Å². The summed E-state index contributed by atoms with van der Waals surface area (Å²) >= 11 is 0. The van der Waals surface area contributed by atoms with Gasteiger partial charge in [0.05, 0.1) is 29.1 Å². The minimum absolute atomic E-state index is 0.0850. The van der Waals surface area contributed by atoms with Crippen molar-refractivity contribution in [3.63, 3.8) is 0 Å². The first-order chi connectivity index (χ1) is 20.8. The van der Waals surface area contributed by atoms with Crippen LogP contribution in [0.4, 0.5) is 34.9 Å². The lowest BCUT2D eigenvalue weighted by Gasteiger charge is -2.44. The van der Waals surface area contributed by atoms with Crippen molar-refractivity contribution in [2.75, 3.05) is 48.3 Å². The molecule has 0 aliphatic carbocycles. The van der Waals surface area contributed by atoms with Gasteiger partial charge >= 0.3 is 6.18 Å². The first kappa shape index (κ1) is 31.1. The maximum Gasteiger partial charge on any atom is 0.417 e. The smallest absolute Gasteiger partial charge is 0.392 e. The van der Waals surface area contributed by atoms with Gasteiger partial charge in [0.1, 0.15) is 5.82 Å². The molecule has 3 aromatic rings. The molecule has 0 bridgehead atoms. The molecule has 2 aliphatic heterocycles. The SMILES string of the molecule is CC1CN(c2cc(F)c(C3=CCN(c4ncc(CO)cn4)CC3)cc2NC(=O)c2c[nH]c(=O)cc2C(F)(F)F)C[C@H](C)N1C. The molecule has 10 nitrogen and oxygen atoms in total. The number of piperazine rings is 1. The minimum atomic E-state index is -4.94. The summed E-state index contributed by atoms with van der Waals surface area (Å²) in [5, 5.41) is 11.8. The fourth-order valence-electron chi connectivity index (χ4n) is 5.54. The molecule has 14 heteroatoms. The Morgan fingerprint density at radius 3 is 2.39 bits per heavy atom. The maximum atomic E-state index is 15.8. The fraction of sp³-hybridized carbons (Fsp3) is 0.400. The summed E-state index contributed by atoms with van der Waals surface area (Å²) in [5.74, 6) is -1.16. The van der Waals surface area contributed by atoms with Gasteiger partial charge in [-0.05, 0) is 45.0 Å². The van der Waals surface area contributed by atoms with Crippen LogP contribution in [0.1, 0.15) is 47.3 Å². The van der Waals surface area contributed by atoms with Gasteiger partial charge in [-0.2, -0.15) is 13.2 Å². The average Bonchev–Trinajstić information content (AvgIpc) is 3.00. The van der Waals surface area contributed by atoms with Crippen molar-refractivity contribution in [3.05, 3.63) is 81.3 Å². The lowest BCUT2D eigenvalue weighted by molar-refractivity contribution is -0.138. The van der Waals surface area contributed by atoms with Gasteiger partial charge in [-0.15, -0.1) is 0 Å². The number of nitrogens with one attached hydrogen (secondary N) is 2. The van der Waals surface area contributed by atoms with E-state index in [1.165, 1.54) is 24.5 Å². The molecule has 44 heavy (non-hydrogen) atoms. The van der Waals surface area contributed by atoms with Crippen LogP contribution in [0.2, 0.25) is 0 Å². The number of pyridine rings is 1. The van der Waals surface area contributed by atoms with Gasteiger partial charge in [0.15, 0.2) is 0 Å². The van der Waals surface area contributed by atoms with Crippen molar-refractivity contribution < 1.29 is 27.5 Å². The highest BCUT2D eigenvalue weighted by molar-refractivity contribution is 6.07. The van der Waals surface area contributed by atoms with E-state index in [4.69, 9.17) is 0 Å². The first-order valence-corrected chi connectivity index (χ1v) is 14.1. The third kappa shape index (κ3) is 6.45. The number of nitrogens with zero attached hydrogens (tertiary/aromatic N) is 5. The van der Waals surface area contributed by atoms with Crippen LogP contribution in [0.5, 0.6) is 0 Å². The first-order valence-electron chi connectivity index (χ1n) is 14.1. The number of halogens is 4. The molecular weight excluding hydrogens is 582 g/mol. The molecule has 1 saturated heterocycles. The highest BCUT2D eigenvalue weighted by atomic mass is 19.4. The number of aliphatic hydroxyl groups excluding tert-OH is 1. The van der Waals surface area contributed by atoms with E-state index < -0.39 is 34.6 Å². The molecule has 2 aromatic heterocycles. The number of rotatable bonds is 6. The molecule has 2 aliphatic rings. The van der Waals surface area contributed by atoms with Gasteiger partial charge in [0.2, 0.25) is 11.5 Å². The number of hydrogen-bond donors (Lipinski definition) is 3. The van der Waals surface area contributed by atoms with Crippen LogP contribution in [0.3, 0.4) is 0 Å². The number of alkyl halides is 3. The van der Waals surface area contributed by atoms with Gasteiger partial charge in [-0.1, -0.05) is 6.08 Å². The van der Waals surface area contributed by atoms with E-state index in [0.29, 0.717) is 61.4 Å². The summed E-state index contributed by atoms with van der Waals surface area (Å²) in [4.78, 5) is 41.6. The highest BCUT2D eigenvalue weighted by Crippen LogP contribution is 2.37. The number of amides is 1. The van der Waals surface area contributed by atoms with E-state index in [1.54, 1.807) is 0 Å². The van der Waals surface area contributed by atoms with Gasteiger partial charge in [-0.3, -0.25) is 14.5 Å². The van der Waals surface area contributed by atoms with E-state index in [9.17, 15) is 27.9 Å². The average molecular weight is 616 g/mol. The van der Waals surface area contributed by atoms with Crippen molar-refractivity contribution in [2.24, 2.45) is 0 Å². The van der Waals surface area contributed by atoms with Gasteiger partial charge in [0, 0.05) is 74.0 Å². The Bertz CT molecular complexity index is 1610. The molecule has 1 fully saturated rings. The number of aromatic nitrogens is 3. The Balaban J connectivity index is 1.51. The van der Waals surface area contributed by atoms with Crippen LogP contribution in [0.25, 0.3) is 5.57 Å². The van der Waals surface area contributed by atoms with E-state index in [2.05, 4.69) is 25.2 Å². The molecule has 3 N–H and O–H groups in total. The number of hydrogen-bond acceptors (Lipinski definition) is 8. The van der Waals surface area contributed by atoms with Crippen molar-refractivity contribution in [3.8, 4) is 0 Å². The Morgan fingerprint density at radius 2 is 1.80 bits per heavy atom. The molecule has 0 spiro atoms. The van der Waals surface area contributed by atoms with Crippen molar-refractivity contribution in [1.29, 1.82) is 0 Å². The fourth-order valence-corrected chi connectivity index (χ4v) is 5.54. The number of H-pyrrole nitrogens is 1. The third-order valence-electron chi connectivity index (χ3n) is 8.22. The summed E-state index contributed by atoms with van der Waals surface area (Å²) in [5.41, 5.74) is -1.16. The quantitative estimate of drug-likeness (QED) is 0.358. The minimum Gasteiger partial charge on any atom is -0.392 e. The van der Waals surface area contributed by atoms with E-state index in [1.807, 2.05) is 36.8 Å². The normalized spacial score (nSPS) is 19.6. The molecule has 0 radical (unpaired) electrons. The molecule has 0 saturated carbocycles. The number of carbonyl (C=O) groups excluding carboxylic acids is 1. The van der Waals surface area contributed by atoms with Crippen LogP contribution in [0, 0.1) is 5.82 Å². The molecule has 1 unspecified atom stereocenters.